The van der Waals surface area contributed by atoms with Crippen molar-refractivity contribution in [2.75, 3.05) is 7.11 Å². The number of nitrogens with one attached hydrogen (secondary N) is 1. The topological polar surface area (TPSA) is 58.6 Å². The first kappa shape index (κ1) is 15.1. The first-order valence-corrected chi connectivity index (χ1v) is 6.81. The summed E-state index contributed by atoms with van der Waals surface area (Å²) < 4.78 is 4.66. The lowest BCUT2D eigenvalue weighted by molar-refractivity contribution is -0.139. The Hall–Kier alpha value is -2.33. The van der Waals surface area contributed by atoms with E-state index in [1.54, 1.807) is 12.1 Å². The molecule has 0 radical (unpaired) electrons. The summed E-state index contributed by atoms with van der Waals surface area (Å²) in [6.07, 6.45) is 0.282. The summed E-state index contributed by atoms with van der Waals surface area (Å²) in [5.41, 5.74) is 2.89. The van der Waals surface area contributed by atoms with E-state index >= 15 is 0 Å². The standard InChI is InChI=1S/C17H19NO3/c1-21-17(20)10-13-5-4-6-14(9-13)11-18-12-15-7-2-3-8-16(15)19/h2-9,18-19H,10-12H2,1H3. The molecule has 0 aliphatic rings. The average Bonchev–Trinajstić information content (AvgIpc) is 2.49. The molecule has 0 aliphatic carbocycles. The van der Waals surface area contributed by atoms with Crippen LogP contribution in [-0.2, 0) is 29.0 Å². The average molecular weight is 285 g/mol. The third-order valence-electron chi connectivity index (χ3n) is 3.20. The van der Waals surface area contributed by atoms with Crippen molar-refractivity contribution < 1.29 is 14.6 Å². The molecule has 2 aromatic carbocycles. The van der Waals surface area contributed by atoms with Crippen molar-refractivity contribution in [1.82, 2.24) is 5.32 Å². The smallest absolute Gasteiger partial charge is 0.309 e. The number of carbonyl (C=O) groups is 1. The van der Waals surface area contributed by atoms with E-state index in [1.807, 2.05) is 36.4 Å². The zero-order valence-corrected chi connectivity index (χ0v) is 12.0. The normalized spacial score (nSPS) is 10.3. The van der Waals surface area contributed by atoms with Crippen molar-refractivity contribution in [2.45, 2.75) is 19.5 Å². The molecule has 0 fully saturated rings. The Balaban J connectivity index is 1.90. The van der Waals surface area contributed by atoms with Crippen LogP contribution in [0.4, 0.5) is 0 Å². The number of methoxy groups -OCH3 is 1. The lowest BCUT2D eigenvalue weighted by Gasteiger charge is -2.08. The molecule has 0 saturated heterocycles. The third kappa shape index (κ3) is 4.61. The van der Waals surface area contributed by atoms with Gasteiger partial charge in [-0.2, -0.15) is 0 Å². The Bertz CT molecular complexity index is 610. The van der Waals surface area contributed by atoms with Gasteiger partial charge in [-0.15, -0.1) is 0 Å². The quantitative estimate of drug-likeness (QED) is 0.800. The second kappa shape index (κ2) is 7.45. The molecule has 0 atom stereocenters. The summed E-state index contributed by atoms with van der Waals surface area (Å²) in [5, 5.41) is 13.0. The van der Waals surface area contributed by atoms with Crippen molar-refractivity contribution in [3.63, 3.8) is 0 Å². The molecule has 0 bridgehead atoms. The number of hydrogen-bond acceptors (Lipinski definition) is 4. The Labute approximate surface area is 124 Å². The number of carbonyl (C=O) groups excluding carboxylic acids is 1. The largest absolute Gasteiger partial charge is 0.508 e. The fraction of sp³-hybridized carbons (Fsp3) is 0.235. The summed E-state index contributed by atoms with van der Waals surface area (Å²) >= 11 is 0. The minimum absolute atomic E-state index is 0.241. The van der Waals surface area contributed by atoms with Gasteiger partial charge in [0.15, 0.2) is 0 Å². The molecule has 4 heteroatoms. The zero-order chi connectivity index (χ0) is 15.1. The van der Waals surface area contributed by atoms with Crippen molar-refractivity contribution in [2.24, 2.45) is 0 Å². The zero-order valence-electron chi connectivity index (χ0n) is 12.0. The molecule has 0 aromatic heterocycles. The molecule has 110 valence electrons. The fourth-order valence-electron chi connectivity index (χ4n) is 2.09. The van der Waals surface area contributed by atoms with Crippen LogP contribution in [0, 0.1) is 0 Å². The first-order valence-electron chi connectivity index (χ1n) is 6.81. The van der Waals surface area contributed by atoms with Crippen molar-refractivity contribution in [3.05, 3.63) is 65.2 Å². The maximum Gasteiger partial charge on any atom is 0.309 e. The highest BCUT2D eigenvalue weighted by atomic mass is 16.5. The van der Waals surface area contributed by atoms with Gasteiger partial charge in [-0.25, -0.2) is 0 Å². The summed E-state index contributed by atoms with van der Waals surface area (Å²) in [7, 11) is 1.39. The number of rotatable bonds is 6. The van der Waals surface area contributed by atoms with Crippen LogP contribution in [0.5, 0.6) is 5.75 Å². The highest BCUT2D eigenvalue weighted by Gasteiger charge is 2.04. The fourth-order valence-corrected chi connectivity index (χ4v) is 2.09. The summed E-state index contributed by atoms with van der Waals surface area (Å²) in [5.74, 6) is 0.0544. The van der Waals surface area contributed by atoms with Crippen LogP contribution in [0.2, 0.25) is 0 Å². The van der Waals surface area contributed by atoms with Crippen LogP contribution < -0.4 is 5.32 Å². The summed E-state index contributed by atoms with van der Waals surface area (Å²) in [6, 6.07) is 15.1. The van der Waals surface area contributed by atoms with Crippen LogP contribution in [0.3, 0.4) is 0 Å². The van der Waals surface area contributed by atoms with Crippen molar-refractivity contribution >= 4 is 5.97 Å². The molecule has 2 N–H and O–H groups in total. The van der Waals surface area contributed by atoms with Crippen LogP contribution >= 0.6 is 0 Å². The van der Waals surface area contributed by atoms with Gasteiger partial charge >= 0.3 is 5.97 Å². The molecule has 0 aliphatic heterocycles. The number of hydrogen-bond donors (Lipinski definition) is 2. The number of benzene rings is 2. The number of para-hydroxylation sites is 1. The summed E-state index contributed by atoms with van der Waals surface area (Å²) in [4.78, 5) is 11.3. The maximum atomic E-state index is 11.3. The van der Waals surface area contributed by atoms with E-state index < -0.39 is 0 Å². The molecule has 2 aromatic rings. The van der Waals surface area contributed by atoms with E-state index in [1.165, 1.54) is 7.11 Å². The van der Waals surface area contributed by atoms with Gasteiger partial charge < -0.3 is 15.2 Å². The van der Waals surface area contributed by atoms with Crippen molar-refractivity contribution in [3.8, 4) is 5.75 Å². The van der Waals surface area contributed by atoms with Gasteiger partial charge in [0, 0.05) is 18.7 Å². The molecular weight excluding hydrogens is 266 g/mol. The lowest BCUT2D eigenvalue weighted by atomic mass is 10.1. The highest BCUT2D eigenvalue weighted by molar-refractivity contribution is 5.72. The van der Waals surface area contributed by atoms with Gasteiger partial charge in [0.1, 0.15) is 5.75 Å². The summed E-state index contributed by atoms with van der Waals surface area (Å²) in [6.45, 7) is 1.26. The van der Waals surface area contributed by atoms with Crippen LogP contribution in [0.1, 0.15) is 16.7 Å². The number of phenols is 1. The number of ether oxygens (including phenoxy) is 1. The predicted molar refractivity (Wildman–Crippen MR) is 80.8 cm³/mol. The van der Waals surface area contributed by atoms with Crippen LogP contribution in [0.15, 0.2) is 48.5 Å². The van der Waals surface area contributed by atoms with Crippen LogP contribution in [0.25, 0.3) is 0 Å². The maximum absolute atomic E-state index is 11.3. The molecule has 0 saturated carbocycles. The molecule has 0 amide bonds. The van der Waals surface area contributed by atoms with E-state index in [0.29, 0.717) is 18.8 Å². The van der Waals surface area contributed by atoms with E-state index in [9.17, 15) is 9.90 Å². The first-order chi connectivity index (χ1) is 10.2. The minimum Gasteiger partial charge on any atom is -0.508 e. The Morgan fingerprint density at radius 3 is 2.62 bits per heavy atom. The third-order valence-corrected chi connectivity index (χ3v) is 3.20. The highest BCUT2D eigenvalue weighted by Crippen LogP contribution is 2.15. The van der Waals surface area contributed by atoms with Crippen LogP contribution in [-0.4, -0.2) is 18.2 Å². The second-order valence-electron chi connectivity index (χ2n) is 4.81. The molecule has 21 heavy (non-hydrogen) atoms. The van der Waals surface area contributed by atoms with Gasteiger partial charge in [-0.1, -0.05) is 42.5 Å². The van der Waals surface area contributed by atoms with Gasteiger partial charge in [0.05, 0.1) is 13.5 Å². The molecular formula is C17H19NO3. The van der Waals surface area contributed by atoms with Gasteiger partial charge in [-0.3, -0.25) is 4.79 Å². The van der Waals surface area contributed by atoms with Crippen molar-refractivity contribution in [1.29, 1.82) is 0 Å². The van der Waals surface area contributed by atoms with E-state index in [4.69, 9.17) is 0 Å². The Morgan fingerprint density at radius 1 is 1.10 bits per heavy atom. The second-order valence-corrected chi connectivity index (χ2v) is 4.81. The van der Waals surface area contributed by atoms with E-state index in [0.717, 1.165) is 16.7 Å². The van der Waals surface area contributed by atoms with E-state index in [2.05, 4.69) is 10.1 Å². The molecule has 0 unspecified atom stereocenters. The Kier molecular flexibility index (Phi) is 5.35. The number of esters is 1. The molecule has 4 nitrogen and oxygen atoms in total. The molecule has 2 rings (SSSR count). The monoisotopic (exact) mass is 285 g/mol. The van der Waals surface area contributed by atoms with Gasteiger partial charge in [0.2, 0.25) is 0 Å². The number of phenolic OH excluding ortho intramolecular Hbond substituents is 1. The Morgan fingerprint density at radius 2 is 1.86 bits per heavy atom. The number of aromatic hydroxyl groups is 1. The van der Waals surface area contributed by atoms with Gasteiger partial charge in [0.25, 0.3) is 0 Å². The predicted octanol–water partition coefficient (Wildman–Crippen LogP) is 2.40. The van der Waals surface area contributed by atoms with Gasteiger partial charge in [-0.05, 0) is 17.2 Å². The lowest BCUT2D eigenvalue weighted by Crippen LogP contribution is -2.13. The minimum atomic E-state index is -0.241. The molecule has 0 spiro atoms. The van der Waals surface area contributed by atoms with E-state index in [-0.39, 0.29) is 12.4 Å². The SMILES string of the molecule is COC(=O)Cc1cccc(CNCc2ccccc2O)c1. The molecule has 0 heterocycles.